The molecule has 20 heavy (non-hydrogen) atoms. The normalized spacial score (nSPS) is 28.1. The Morgan fingerprint density at radius 3 is 3.00 bits per heavy atom. The third-order valence-corrected chi connectivity index (χ3v) is 4.86. The van der Waals surface area contributed by atoms with Crippen LogP contribution in [-0.2, 0) is 0 Å². The van der Waals surface area contributed by atoms with Gasteiger partial charge in [0.15, 0.2) is 5.69 Å². The number of hydrogen-bond donors (Lipinski definition) is 3. The number of rotatable bonds is 2. The molecular formula is C15H18N4O. The summed E-state index contributed by atoms with van der Waals surface area (Å²) in [5.74, 6) is 1.40. The molecule has 1 aromatic carbocycles. The van der Waals surface area contributed by atoms with Gasteiger partial charge in [0.2, 0.25) is 0 Å². The molecular weight excluding hydrogens is 252 g/mol. The fraction of sp³-hybridized carbons (Fsp3) is 0.467. The van der Waals surface area contributed by atoms with Gasteiger partial charge >= 0.3 is 0 Å². The molecule has 2 aliphatic carbocycles. The van der Waals surface area contributed by atoms with Crippen LogP contribution in [0.5, 0.6) is 0 Å². The summed E-state index contributed by atoms with van der Waals surface area (Å²) in [6.45, 7) is 0. The van der Waals surface area contributed by atoms with Gasteiger partial charge in [-0.1, -0.05) is 6.42 Å². The molecule has 2 saturated carbocycles. The first-order valence-corrected chi connectivity index (χ1v) is 7.25. The number of amides is 1. The summed E-state index contributed by atoms with van der Waals surface area (Å²) in [5, 5.41) is 11.0. The van der Waals surface area contributed by atoms with Gasteiger partial charge in [-0.15, -0.1) is 0 Å². The van der Waals surface area contributed by atoms with E-state index in [9.17, 15) is 4.79 Å². The van der Waals surface area contributed by atoms with E-state index in [1.807, 2.05) is 6.07 Å². The Labute approximate surface area is 116 Å². The first-order chi connectivity index (χ1) is 9.70. The highest BCUT2D eigenvalue weighted by Crippen LogP contribution is 2.44. The summed E-state index contributed by atoms with van der Waals surface area (Å²) in [6.07, 6.45) is 4.99. The smallest absolute Gasteiger partial charge is 0.272 e. The average molecular weight is 270 g/mol. The standard InChI is InChI=1S/C15H18N4O/c16-10-3-4-12-11(7-10)14(19-18-12)15(20)17-13-6-8-1-2-9(13)5-8/h3-4,7-9,13H,1-2,5-6,16H2,(H,17,20)(H,18,19). The van der Waals surface area contributed by atoms with Gasteiger partial charge in [0.05, 0.1) is 5.52 Å². The van der Waals surface area contributed by atoms with E-state index >= 15 is 0 Å². The lowest BCUT2D eigenvalue weighted by Gasteiger charge is -2.22. The predicted molar refractivity (Wildman–Crippen MR) is 77.2 cm³/mol. The van der Waals surface area contributed by atoms with E-state index in [4.69, 9.17) is 5.73 Å². The zero-order valence-electron chi connectivity index (χ0n) is 11.2. The van der Waals surface area contributed by atoms with Crippen LogP contribution in [0.3, 0.4) is 0 Å². The van der Waals surface area contributed by atoms with E-state index < -0.39 is 0 Å². The van der Waals surface area contributed by atoms with Gasteiger partial charge in [-0.25, -0.2) is 0 Å². The highest BCUT2D eigenvalue weighted by Gasteiger charge is 2.40. The Kier molecular flexibility index (Phi) is 2.49. The Bertz CT molecular complexity index is 678. The Hall–Kier alpha value is -2.04. The number of aromatic nitrogens is 2. The van der Waals surface area contributed by atoms with Crippen molar-refractivity contribution in [2.75, 3.05) is 5.73 Å². The molecule has 3 unspecified atom stereocenters. The summed E-state index contributed by atoms with van der Waals surface area (Å²) in [4.78, 5) is 12.4. The molecule has 2 aliphatic rings. The lowest BCUT2D eigenvalue weighted by Crippen LogP contribution is -2.38. The molecule has 5 nitrogen and oxygen atoms in total. The number of aromatic amines is 1. The van der Waals surface area contributed by atoms with Crippen LogP contribution in [0.1, 0.15) is 36.2 Å². The number of anilines is 1. The summed E-state index contributed by atoms with van der Waals surface area (Å²) >= 11 is 0. The molecule has 4 N–H and O–H groups in total. The number of nitrogens with two attached hydrogens (primary N) is 1. The second-order valence-corrected chi connectivity index (χ2v) is 6.13. The Morgan fingerprint density at radius 2 is 2.25 bits per heavy atom. The summed E-state index contributed by atoms with van der Waals surface area (Å²) < 4.78 is 0. The molecule has 5 heteroatoms. The zero-order valence-corrected chi connectivity index (χ0v) is 11.2. The summed E-state index contributed by atoms with van der Waals surface area (Å²) in [7, 11) is 0. The second kappa shape index (κ2) is 4.23. The maximum Gasteiger partial charge on any atom is 0.272 e. The number of nitrogen functional groups attached to an aromatic ring is 1. The van der Waals surface area contributed by atoms with Gasteiger partial charge in [0, 0.05) is 17.1 Å². The largest absolute Gasteiger partial charge is 0.399 e. The van der Waals surface area contributed by atoms with Crippen molar-refractivity contribution in [2.45, 2.75) is 31.7 Å². The lowest BCUT2D eigenvalue weighted by atomic mass is 9.95. The van der Waals surface area contributed by atoms with Crippen LogP contribution in [-0.4, -0.2) is 22.1 Å². The van der Waals surface area contributed by atoms with Crippen molar-refractivity contribution < 1.29 is 4.79 Å². The van der Waals surface area contributed by atoms with Gasteiger partial charge in [0.25, 0.3) is 5.91 Å². The van der Waals surface area contributed by atoms with Crippen molar-refractivity contribution in [3.63, 3.8) is 0 Å². The van der Waals surface area contributed by atoms with Gasteiger partial charge in [-0.05, 0) is 49.3 Å². The number of benzene rings is 1. The van der Waals surface area contributed by atoms with Crippen LogP contribution in [0, 0.1) is 11.8 Å². The highest BCUT2D eigenvalue weighted by molar-refractivity contribution is 6.05. The molecule has 2 fully saturated rings. The van der Waals surface area contributed by atoms with E-state index in [0.29, 0.717) is 23.3 Å². The molecule has 4 rings (SSSR count). The number of carbonyl (C=O) groups is 1. The van der Waals surface area contributed by atoms with Crippen molar-refractivity contribution in [1.29, 1.82) is 0 Å². The molecule has 3 atom stereocenters. The lowest BCUT2D eigenvalue weighted by molar-refractivity contribution is 0.0919. The molecule has 104 valence electrons. The number of nitrogens with zero attached hydrogens (tertiary/aromatic N) is 1. The minimum absolute atomic E-state index is 0.0839. The van der Waals surface area contributed by atoms with Gasteiger partial charge < -0.3 is 11.1 Å². The number of H-pyrrole nitrogens is 1. The summed E-state index contributed by atoms with van der Waals surface area (Å²) in [6, 6.07) is 5.78. The molecule has 0 radical (unpaired) electrons. The Morgan fingerprint density at radius 1 is 1.35 bits per heavy atom. The van der Waals surface area contributed by atoms with Crippen LogP contribution in [0.4, 0.5) is 5.69 Å². The fourth-order valence-electron chi connectivity index (χ4n) is 3.86. The topological polar surface area (TPSA) is 83.8 Å². The summed E-state index contributed by atoms with van der Waals surface area (Å²) in [5.41, 5.74) is 7.74. The maximum atomic E-state index is 12.4. The minimum atomic E-state index is -0.0839. The van der Waals surface area contributed by atoms with Crippen LogP contribution in [0.2, 0.25) is 0 Å². The third kappa shape index (κ3) is 1.77. The molecule has 0 aliphatic heterocycles. The third-order valence-electron chi connectivity index (χ3n) is 4.86. The SMILES string of the molecule is Nc1ccc2[nH]nc(C(=O)NC3CC4CCC3C4)c2c1. The van der Waals surface area contributed by atoms with E-state index in [2.05, 4.69) is 15.5 Å². The molecule has 1 aromatic heterocycles. The quantitative estimate of drug-likeness (QED) is 0.730. The molecule has 0 spiro atoms. The zero-order chi connectivity index (χ0) is 13.7. The first kappa shape index (κ1) is 11.8. The molecule has 1 heterocycles. The molecule has 1 amide bonds. The predicted octanol–water partition coefficient (Wildman–Crippen LogP) is 2.06. The highest BCUT2D eigenvalue weighted by atomic mass is 16.2. The first-order valence-electron chi connectivity index (χ1n) is 7.25. The average Bonchev–Trinajstić information content (AvgIpc) is 3.11. The van der Waals surface area contributed by atoms with Crippen LogP contribution < -0.4 is 11.1 Å². The molecule has 2 aromatic rings. The monoisotopic (exact) mass is 270 g/mol. The van der Waals surface area contributed by atoms with Crippen molar-refractivity contribution in [2.24, 2.45) is 11.8 Å². The van der Waals surface area contributed by atoms with E-state index in [-0.39, 0.29) is 5.91 Å². The van der Waals surface area contributed by atoms with Crippen molar-refractivity contribution in [3.05, 3.63) is 23.9 Å². The number of hydrogen-bond acceptors (Lipinski definition) is 3. The van der Waals surface area contributed by atoms with Gasteiger partial charge in [-0.3, -0.25) is 9.89 Å². The van der Waals surface area contributed by atoms with Crippen molar-refractivity contribution in [1.82, 2.24) is 15.5 Å². The van der Waals surface area contributed by atoms with E-state index in [1.54, 1.807) is 12.1 Å². The fourth-order valence-corrected chi connectivity index (χ4v) is 3.86. The number of fused-ring (bicyclic) bond motifs is 3. The Balaban J connectivity index is 1.59. The van der Waals surface area contributed by atoms with Crippen LogP contribution in [0.15, 0.2) is 18.2 Å². The van der Waals surface area contributed by atoms with Crippen LogP contribution >= 0.6 is 0 Å². The second-order valence-electron chi connectivity index (χ2n) is 6.13. The number of nitrogens with one attached hydrogen (secondary N) is 2. The maximum absolute atomic E-state index is 12.4. The van der Waals surface area contributed by atoms with Gasteiger partial charge in [0.1, 0.15) is 0 Å². The van der Waals surface area contributed by atoms with Gasteiger partial charge in [-0.2, -0.15) is 5.10 Å². The molecule has 2 bridgehead atoms. The van der Waals surface area contributed by atoms with Crippen LogP contribution in [0.25, 0.3) is 10.9 Å². The minimum Gasteiger partial charge on any atom is -0.399 e. The van der Waals surface area contributed by atoms with E-state index in [1.165, 1.54) is 19.3 Å². The molecule has 0 saturated heterocycles. The van der Waals surface area contributed by atoms with Crippen molar-refractivity contribution >= 4 is 22.5 Å². The number of carbonyl (C=O) groups excluding carboxylic acids is 1. The van der Waals surface area contributed by atoms with Crippen molar-refractivity contribution in [3.8, 4) is 0 Å². The van der Waals surface area contributed by atoms with E-state index in [0.717, 1.165) is 23.2 Å².